The topological polar surface area (TPSA) is 45.4 Å². The number of rotatable bonds is 5. The van der Waals surface area contributed by atoms with Gasteiger partial charge in [0.05, 0.1) is 6.54 Å². The van der Waals surface area contributed by atoms with Crippen LogP contribution in [-0.2, 0) is 25.9 Å². The van der Waals surface area contributed by atoms with E-state index >= 15 is 0 Å². The van der Waals surface area contributed by atoms with Gasteiger partial charge in [0.25, 0.3) is 0 Å². The van der Waals surface area contributed by atoms with Crippen LogP contribution in [0.5, 0.6) is 0 Å². The summed E-state index contributed by atoms with van der Waals surface area (Å²) in [5.41, 5.74) is 4.26. The van der Waals surface area contributed by atoms with E-state index in [1.165, 1.54) is 42.5 Å². The predicted molar refractivity (Wildman–Crippen MR) is 112 cm³/mol. The van der Waals surface area contributed by atoms with Gasteiger partial charge in [-0.05, 0) is 36.0 Å². The third-order valence-electron chi connectivity index (χ3n) is 6.31. The number of nitrogens with zero attached hydrogens (tertiary/aromatic N) is 4. The molecule has 150 valence electrons. The van der Waals surface area contributed by atoms with Gasteiger partial charge in [-0.1, -0.05) is 59.8 Å². The van der Waals surface area contributed by atoms with E-state index in [4.69, 9.17) is 4.52 Å². The van der Waals surface area contributed by atoms with Crippen LogP contribution in [0.15, 0.2) is 59.1 Å². The number of fused-ring (bicyclic) bond motifs is 1. The summed E-state index contributed by atoms with van der Waals surface area (Å²) in [5, 5.41) is 4.17. The molecule has 5 heteroatoms. The van der Waals surface area contributed by atoms with Crippen LogP contribution in [0.25, 0.3) is 0 Å². The first-order valence-electron chi connectivity index (χ1n) is 10.7. The summed E-state index contributed by atoms with van der Waals surface area (Å²) in [6, 6.07) is 19.9. The molecule has 5 nitrogen and oxygen atoms in total. The molecule has 3 aromatic rings. The lowest BCUT2D eigenvalue weighted by atomic mass is 9.95. The van der Waals surface area contributed by atoms with E-state index in [0.717, 1.165) is 44.3 Å². The highest BCUT2D eigenvalue weighted by molar-refractivity contribution is 5.29. The Morgan fingerprint density at radius 2 is 1.66 bits per heavy atom. The van der Waals surface area contributed by atoms with Crippen molar-refractivity contribution in [2.75, 3.05) is 19.6 Å². The molecule has 0 unspecified atom stereocenters. The molecule has 0 radical (unpaired) electrons. The molecule has 1 fully saturated rings. The minimum absolute atomic E-state index is 0.691. The Morgan fingerprint density at radius 3 is 2.48 bits per heavy atom. The molecule has 1 aromatic heterocycles. The van der Waals surface area contributed by atoms with Crippen LogP contribution in [0, 0.1) is 0 Å². The average Bonchev–Trinajstić information content (AvgIpc) is 3.21. The van der Waals surface area contributed by atoms with Gasteiger partial charge in [0.2, 0.25) is 5.89 Å². The Balaban J connectivity index is 1.12. The fourth-order valence-corrected chi connectivity index (χ4v) is 4.67. The molecule has 0 aliphatic carbocycles. The second-order valence-electron chi connectivity index (χ2n) is 8.26. The van der Waals surface area contributed by atoms with Gasteiger partial charge < -0.3 is 4.52 Å². The summed E-state index contributed by atoms with van der Waals surface area (Å²) in [6.07, 6.45) is 4.34. The maximum absolute atomic E-state index is 5.51. The van der Waals surface area contributed by atoms with Crippen molar-refractivity contribution in [1.82, 2.24) is 19.9 Å². The summed E-state index contributed by atoms with van der Waals surface area (Å²) in [6.45, 7) is 5.25. The first-order chi connectivity index (χ1) is 14.3. The maximum atomic E-state index is 5.51. The highest BCUT2D eigenvalue weighted by Gasteiger charge is 2.27. The molecule has 0 spiro atoms. The number of benzene rings is 2. The van der Waals surface area contributed by atoms with Crippen molar-refractivity contribution in [2.24, 2.45) is 0 Å². The number of likely N-dealkylation sites (tertiary alicyclic amines) is 1. The zero-order valence-corrected chi connectivity index (χ0v) is 16.8. The number of piperidine rings is 1. The Hall–Kier alpha value is -2.50. The highest BCUT2D eigenvalue weighted by atomic mass is 16.5. The van der Waals surface area contributed by atoms with Crippen LogP contribution in [-0.4, -0.2) is 45.6 Å². The van der Waals surface area contributed by atoms with Crippen LogP contribution in [0.4, 0.5) is 0 Å². The Morgan fingerprint density at radius 1 is 0.897 bits per heavy atom. The monoisotopic (exact) mass is 388 g/mol. The Labute approximate surface area is 172 Å². The normalized spacial score (nSPS) is 18.6. The number of hydrogen-bond donors (Lipinski definition) is 0. The zero-order chi connectivity index (χ0) is 19.5. The number of aromatic nitrogens is 2. The molecular weight excluding hydrogens is 360 g/mol. The lowest BCUT2D eigenvalue weighted by Crippen LogP contribution is -2.46. The lowest BCUT2D eigenvalue weighted by molar-refractivity contribution is 0.0894. The van der Waals surface area contributed by atoms with Crippen molar-refractivity contribution in [2.45, 2.75) is 44.8 Å². The highest BCUT2D eigenvalue weighted by Crippen LogP contribution is 2.25. The fourth-order valence-electron chi connectivity index (χ4n) is 4.67. The molecule has 0 atom stereocenters. The lowest BCUT2D eigenvalue weighted by Gasteiger charge is -2.40. The first-order valence-corrected chi connectivity index (χ1v) is 10.7. The van der Waals surface area contributed by atoms with Gasteiger partial charge in [0.15, 0.2) is 5.82 Å². The second-order valence-corrected chi connectivity index (χ2v) is 8.26. The van der Waals surface area contributed by atoms with Crippen LogP contribution in [0.3, 0.4) is 0 Å². The largest absolute Gasteiger partial charge is 0.338 e. The van der Waals surface area contributed by atoms with Crippen molar-refractivity contribution in [3.8, 4) is 0 Å². The van der Waals surface area contributed by atoms with Crippen molar-refractivity contribution >= 4 is 0 Å². The molecule has 1 saturated heterocycles. The molecule has 5 rings (SSSR count). The minimum atomic E-state index is 0.691. The van der Waals surface area contributed by atoms with E-state index in [1.807, 2.05) is 18.2 Å². The van der Waals surface area contributed by atoms with Gasteiger partial charge in [0, 0.05) is 38.6 Å². The average molecular weight is 389 g/mol. The molecule has 3 heterocycles. The predicted octanol–water partition coefficient (Wildman–Crippen LogP) is 3.68. The summed E-state index contributed by atoms with van der Waals surface area (Å²) < 4.78 is 5.51. The minimum Gasteiger partial charge on any atom is -0.338 e. The molecule has 2 aliphatic heterocycles. The molecule has 0 bridgehead atoms. The summed E-state index contributed by atoms with van der Waals surface area (Å²) >= 11 is 0. The van der Waals surface area contributed by atoms with Gasteiger partial charge in [-0.2, -0.15) is 4.98 Å². The van der Waals surface area contributed by atoms with Gasteiger partial charge >= 0.3 is 0 Å². The van der Waals surface area contributed by atoms with Crippen molar-refractivity contribution in [1.29, 1.82) is 0 Å². The standard InChI is InChI=1S/C24H28N4O/c1-2-6-19(7-3-1)16-23-25-24(29-26-23)18-27-13-11-22(12-14-27)28-15-10-20-8-4-5-9-21(20)17-28/h1-9,22H,10-18H2. The van der Waals surface area contributed by atoms with Crippen molar-refractivity contribution in [3.63, 3.8) is 0 Å². The third kappa shape index (κ3) is 4.41. The van der Waals surface area contributed by atoms with E-state index in [1.54, 1.807) is 0 Å². The van der Waals surface area contributed by atoms with E-state index < -0.39 is 0 Å². The van der Waals surface area contributed by atoms with E-state index in [9.17, 15) is 0 Å². The second kappa shape index (κ2) is 8.47. The molecule has 0 N–H and O–H groups in total. The SMILES string of the molecule is c1ccc(Cc2noc(CN3CCC(N4CCc5ccccc5C4)CC3)n2)cc1. The molecule has 0 amide bonds. The Bertz CT molecular complexity index is 931. The van der Waals surface area contributed by atoms with Crippen LogP contribution in [0.2, 0.25) is 0 Å². The van der Waals surface area contributed by atoms with Crippen LogP contribution < -0.4 is 0 Å². The first kappa shape index (κ1) is 18.5. The quantitative estimate of drug-likeness (QED) is 0.667. The third-order valence-corrected chi connectivity index (χ3v) is 6.31. The zero-order valence-electron chi connectivity index (χ0n) is 16.8. The van der Waals surface area contributed by atoms with Gasteiger partial charge in [0.1, 0.15) is 0 Å². The molecule has 29 heavy (non-hydrogen) atoms. The molecule has 2 aliphatic rings. The van der Waals surface area contributed by atoms with Crippen LogP contribution >= 0.6 is 0 Å². The van der Waals surface area contributed by atoms with Gasteiger partial charge in [-0.3, -0.25) is 9.80 Å². The van der Waals surface area contributed by atoms with Crippen molar-refractivity contribution < 1.29 is 4.52 Å². The van der Waals surface area contributed by atoms with E-state index in [0.29, 0.717) is 6.04 Å². The molecule has 2 aromatic carbocycles. The number of hydrogen-bond acceptors (Lipinski definition) is 5. The summed E-state index contributed by atoms with van der Waals surface area (Å²) in [7, 11) is 0. The van der Waals surface area contributed by atoms with Crippen LogP contribution in [0.1, 0.15) is 41.2 Å². The van der Waals surface area contributed by atoms with Gasteiger partial charge in [-0.15, -0.1) is 0 Å². The van der Waals surface area contributed by atoms with Gasteiger partial charge in [-0.25, -0.2) is 0 Å². The fraction of sp³-hybridized carbons (Fsp3) is 0.417. The summed E-state index contributed by atoms with van der Waals surface area (Å²) in [4.78, 5) is 9.74. The molecular formula is C24H28N4O. The smallest absolute Gasteiger partial charge is 0.240 e. The Kier molecular flexibility index (Phi) is 5.41. The van der Waals surface area contributed by atoms with E-state index in [2.05, 4.69) is 56.3 Å². The van der Waals surface area contributed by atoms with Crippen molar-refractivity contribution in [3.05, 3.63) is 83.0 Å². The van der Waals surface area contributed by atoms with E-state index in [-0.39, 0.29) is 0 Å². The maximum Gasteiger partial charge on any atom is 0.240 e. The summed E-state index contributed by atoms with van der Waals surface area (Å²) in [5.74, 6) is 1.51. The molecule has 0 saturated carbocycles.